The topological polar surface area (TPSA) is 46.5 Å². The molecular formula is C10H18O3. The first kappa shape index (κ1) is 10.5. The van der Waals surface area contributed by atoms with Gasteiger partial charge in [0.1, 0.15) is 6.10 Å². The molecule has 76 valence electrons. The molecule has 1 heterocycles. The minimum absolute atomic E-state index is 0.00963. The summed E-state index contributed by atoms with van der Waals surface area (Å²) in [7, 11) is 0. The van der Waals surface area contributed by atoms with Crippen LogP contribution in [0.1, 0.15) is 33.6 Å². The SMILES string of the molecule is CCC1C(=O)OC(C(C)O)C1CC. The normalized spacial score (nSPS) is 36.0. The van der Waals surface area contributed by atoms with Gasteiger partial charge in [0, 0.05) is 5.92 Å². The van der Waals surface area contributed by atoms with Gasteiger partial charge in [0.25, 0.3) is 0 Å². The van der Waals surface area contributed by atoms with Crippen LogP contribution in [0.5, 0.6) is 0 Å². The van der Waals surface area contributed by atoms with Crippen molar-refractivity contribution in [3.05, 3.63) is 0 Å². The average molecular weight is 186 g/mol. The highest BCUT2D eigenvalue weighted by Gasteiger charge is 2.44. The van der Waals surface area contributed by atoms with Crippen LogP contribution in [0.2, 0.25) is 0 Å². The van der Waals surface area contributed by atoms with Gasteiger partial charge < -0.3 is 9.84 Å². The van der Waals surface area contributed by atoms with E-state index >= 15 is 0 Å². The second kappa shape index (κ2) is 4.09. The number of aliphatic hydroxyl groups excluding tert-OH is 1. The summed E-state index contributed by atoms with van der Waals surface area (Å²) in [5.41, 5.74) is 0. The monoisotopic (exact) mass is 186 g/mol. The molecule has 1 aliphatic rings. The molecule has 4 unspecified atom stereocenters. The van der Waals surface area contributed by atoms with Gasteiger partial charge in [-0.2, -0.15) is 0 Å². The molecular weight excluding hydrogens is 168 g/mol. The first-order valence-corrected chi connectivity index (χ1v) is 5.00. The Balaban J connectivity index is 2.75. The van der Waals surface area contributed by atoms with Gasteiger partial charge in [-0.05, 0) is 19.8 Å². The van der Waals surface area contributed by atoms with Crippen molar-refractivity contribution in [1.29, 1.82) is 0 Å². The van der Waals surface area contributed by atoms with E-state index in [0.29, 0.717) is 0 Å². The highest BCUT2D eigenvalue weighted by molar-refractivity contribution is 5.75. The van der Waals surface area contributed by atoms with E-state index in [1.54, 1.807) is 6.92 Å². The summed E-state index contributed by atoms with van der Waals surface area (Å²) in [5, 5.41) is 9.41. The zero-order valence-corrected chi connectivity index (χ0v) is 8.49. The number of aliphatic hydroxyl groups is 1. The zero-order chi connectivity index (χ0) is 10.0. The lowest BCUT2D eigenvalue weighted by Crippen LogP contribution is -2.30. The Morgan fingerprint density at radius 1 is 1.46 bits per heavy atom. The van der Waals surface area contributed by atoms with Crippen LogP contribution in [0, 0.1) is 11.8 Å². The maximum Gasteiger partial charge on any atom is 0.309 e. The lowest BCUT2D eigenvalue weighted by atomic mass is 9.85. The Bertz CT molecular complexity index is 189. The number of carbonyl (C=O) groups is 1. The van der Waals surface area contributed by atoms with E-state index in [9.17, 15) is 9.90 Å². The van der Waals surface area contributed by atoms with Crippen LogP contribution in [0.15, 0.2) is 0 Å². The number of cyclic esters (lactones) is 1. The summed E-state index contributed by atoms with van der Waals surface area (Å²) in [6, 6.07) is 0. The molecule has 0 spiro atoms. The molecule has 1 saturated heterocycles. The van der Waals surface area contributed by atoms with Crippen LogP contribution in [-0.4, -0.2) is 23.3 Å². The van der Waals surface area contributed by atoms with E-state index in [2.05, 4.69) is 0 Å². The van der Waals surface area contributed by atoms with E-state index in [1.807, 2.05) is 13.8 Å². The van der Waals surface area contributed by atoms with Gasteiger partial charge in [0.15, 0.2) is 0 Å². The Morgan fingerprint density at radius 3 is 2.46 bits per heavy atom. The van der Waals surface area contributed by atoms with Crippen molar-refractivity contribution >= 4 is 5.97 Å². The number of hydrogen-bond acceptors (Lipinski definition) is 3. The minimum Gasteiger partial charge on any atom is -0.459 e. The van der Waals surface area contributed by atoms with Crippen molar-refractivity contribution in [3.8, 4) is 0 Å². The maximum absolute atomic E-state index is 11.4. The minimum atomic E-state index is -0.551. The van der Waals surface area contributed by atoms with Gasteiger partial charge in [-0.15, -0.1) is 0 Å². The van der Waals surface area contributed by atoms with Gasteiger partial charge in [-0.3, -0.25) is 4.79 Å². The van der Waals surface area contributed by atoms with Gasteiger partial charge in [0.2, 0.25) is 0 Å². The summed E-state index contributed by atoms with van der Waals surface area (Å²) in [6.45, 7) is 5.70. The van der Waals surface area contributed by atoms with E-state index < -0.39 is 6.10 Å². The Labute approximate surface area is 79.1 Å². The van der Waals surface area contributed by atoms with Crippen molar-refractivity contribution in [2.75, 3.05) is 0 Å². The Morgan fingerprint density at radius 2 is 2.08 bits per heavy atom. The highest BCUT2D eigenvalue weighted by Crippen LogP contribution is 2.34. The predicted octanol–water partition coefficient (Wildman–Crippen LogP) is 1.34. The summed E-state index contributed by atoms with van der Waals surface area (Å²) in [6.07, 6.45) is 0.855. The first-order valence-electron chi connectivity index (χ1n) is 5.00. The third-order valence-corrected chi connectivity index (χ3v) is 2.88. The fraction of sp³-hybridized carbons (Fsp3) is 0.900. The summed E-state index contributed by atoms with van der Waals surface area (Å²) in [5.74, 6) is 0.0438. The first-order chi connectivity index (χ1) is 6.11. The van der Waals surface area contributed by atoms with Crippen molar-refractivity contribution in [2.45, 2.75) is 45.8 Å². The van der Waals surface area contributed by atoms with E-state index in [-0.39, 0.29) is 23.9 Å². The number of ether oxygens (including phenoxy) is 1. The van der Waals surface area contributed by atoms with Gasteiger partial charge in [-0.25, -0.2) is 0 Å². The molecule has 1 N–H and O–H groups in total. The number of rotatable bonds is 3. The number of esters is 1. The molecule has 3 heteroatoms. The van der Waals surface area contributed by atoms with Crippen molar-refractivity contribution in [1.82, 2.24) is 0 Å². The number of hydrogen-bond donors (Lipinski definition) is 1. The van der Waals surface area contributed by atoms with Crippen molar-refractivity contribution in [3.63, 3.8) is 0 Å². The molecule has 3 nitrogen and oxygen atoms in total. The molecule has 1 aliphatic heterocycles. The predicted molar refractivity (Wildman–Crippen MR) is 49.1 cm³/mol. The molecule has 0 saturated carbocycles. The lowest BCUT2D eigenvalue weighted by Gasteiger charge is -2.20. The van der Waals surface area contributed by atoms with Crippen molar-refractivity contribution in [2.24, 2.45) is 11.8 Å². The van der Waals surface area contributed by atoms with Gasteiger partial charge >= 0.3 is 5.97 Å². The van der Waals surface area contributed by atoms with E-state index in [1.165, 1.54) is 0 Å². The molecule has 0 aromatic carbocycles. The molecule has 0 aromatic rings. The summed E-state index contributed by atoms with van der Waals surface area (Å²) >= 11 is 0. The number of carbonyl (C=O) groups excluding carboxylic acids is 1. The molecule has 1 fully saturated rings. The van der Waals surface area contributed by atoms with Crippen LogP contribution in [0.3, 0.4) is 0 Å². The maximum atomic E-state index is 11.4. The fourth-order valence-corrected chi connectivity index (χ4v) is 2.16. The smallest absolute Gasteiger partial charge is 0.309 e. The quantitative estimate of drug-likeness (QED) is 0.677. The highest BCUT2D eigenvalue weighted by atomic mass is 16.6. The second-order valence-electron chi connectivity index (χ2n) is 3.73. The molecule has 4 atom stereocenters. The van der Waals surface area contributed by atoms with Crippen LogP contribution >= 0.6 is 0 Å². The summed E-state index contributed by atoms with van der Waals surface area (Å²) < 4.78 is 5.14. The largest absolute Gasteiger partial charge is 0.459 e. The lowest BCUT2D eigenvalue weighted by molar-refractivity contribution is -0.147. The fourth-order valence-electron chi connectivity index (χ4n) is 2.16. The van der Waals surface area contributed by atoms with Gasteiger partial charge in [-0.1, -0.05) is 13.8 Å². The van der Waals surface area contributed by atoms with Crippen LogP contribution in [0.4, 0.5) is 0 Å². The standard InChI is InChI=1S/C10H18O3/c1-4-7-8(5-2)10(12)13-9(7)6(3)11/h6-9,11H,4-5H2,1-3H3. The van der Waals surface area contributed by atoms with Crippen LogP contribution < -0.4 is 0 Å². The zero-order valence-electron chi connectivity index (χ0n) is 8.49. The van der Waals surface area contributed by atoms with Crippen molar-refractivity contribution < 1.29 is 14.6 Å². The molecule has 1 rings (SSSR count). The van der Waals surface area contributed by atoms with Gasteiger partial charge in [0.05, 0.1) is 12.0 Å². The molecule has 0 aromatic heterocycles. The Kier molecular flexibility index (Phi) is 3.31. The second-order valence-corrected chi connectivity index (χ2v) is 3.73. The molecule has 0 radical (unpaired) electrons. The molecule has 0 aliphatic carbocycles. The summed E-state index contributed by atoms with van der Waals surface area (Å²) in [4.78, 5) is 11.4. The molecule has 0 amide bonds. The van der Waals surface area contributed by atoms with Crippen LogP contribution in [0.25, 0.3) is 0 Å². The third-order valence-electron chi connectivity index (χ3n) is 2.88. The third kappa shape index (κ3) is 1.85. The average Bonchev–Trinajstić information content (AvgIpc) is 2.41. The molecule has 13 heavy (non-hydrogen) atoms. The Hall–Kier alpha value is -0.570. The van der Waals surface area contributed by atoms with Crippen LogP contribution in [-0.2, 0) is 9.53 Å². The van der Waals surface area contributed by atoms with E-state index in [4.69, 9.17) is 4.74 Å². The molecule has 0 bridgehead atoms. The van der Waals surface area contributed by atoms with E-state index in [0.717, 1.165) is 12.8 Å².